The van der Waals surface area contributed by atoms with Crippen LogP contribution in [0.1, 0.15) is 0 Å². The van der Waals surface area contributed by atoms with Crippen LogP contribution < -0.4 is 0 Å². The van der Waals surface area contributed by atoms with Crippen molar-refractivity contribution in [3.63, 3.8) is 0 Å². The molecule has 0 aromatic carbocycles. The summed E-state index contributed by atoms with van der Waals surface area (Å²) in [4.78, 5) is 0. The van der Waals surface area contributed by atoms with Crippen molar-refractivity contribution in [2.75, 3.05) is 0 Å². The number of rotatable bonds is 3. The van der Waals surface area contributed by atoms with Crippen molar-refractivity contribution in [2.24, 2.45) is 0 Å². The van der Waals surface area contributed by atoms with E-state index in [-0.39, 0.29) is 0 Å². The lowest BCUT2D eigenvalue weighted by atomic mass is 10.5. The van der Waals surface area contributed by atoms with E-state index in [1.54, 1.807) is 0 Å². The summed E-state index contributed by atoms with van der Waals surface area (Å²) < 4.78 is 0. The van der Waals surface area contributed by atoms with Gasteiger partial charge >= 0.3 is 0 Å². The number of hydrogen-bond acceptors (Lipinski definition) is 0. The molecule has 0 fully saturated rings. The monoisotopic (exact) mass is 160 g/mol. The largest absolute Gasteiger partial charge is 0.156 e. The van der Waals surface area contributed by atoms with E-state index in [0.29, 0.717) is 0 Å². The summed E-state index contributed by atoms with van der Waals surface area (Å²) in [5.74, 6) is 0. The predicted molar refractivity (Wildman–Crippen MR) is 53.6 cm³/mol. The van der Waals surface area contributed by atoms with Crippen molar-refractivity contribution < 1.29 is 0 Å². The first-order chi connectivity index (χ1) is 5.29. The fourth-order valence-corrected chi connectivity index (χ4v) is 3.51. The normalized spacial score (nSPS) is 19.1. The van der Waals surface area contributed by atoms with E-state index < -0.39 is 8.07 Å². The molecular formula is C10H12Si. The molecule has 1 aliphatic rings. The molecular weight excluding hydrogens is 148 g/mol. The molecule has 0 spiro atoms. The Bertz CT molecular complexity index is 248. The fraction of sp³-hybridized carbons (Fsp3) is 0. The van der Waals surface area contributed by atoms with Gasteiger partial charge in [-0.1, -0.05) is 41.9 Å². The van der Waals surface area contributed by atoms with Crippen LogP contribution in [0.25, 0.3) is 0 Å². The summed E-state index contributed by atoms with van der Waals surface area (Å²) in [5.41, 5.74) is 6.22. The Labute approximate surface area is 69.0 Å². The van der Waals surface area contributed by atoms with Crippen LogP contribution in [0.4, 0.5) is 0 Å². The van der Waals surface area contributed by atoms with Crippen LogP contribution in [0.3, 0.4) is 0 Å². The van der Waals surface area contributed by atoms with Crippen molar-refractivity contribution in [3.05, 3.63) is 60.3 Å². The zero-order valence-electron chi connectivity index (χ0n) is 6.59. The van der Waals surface area contributed by atoms with Gasteiger partial charge < -0.3 is 0 Å². The van der Waals surface area contributed by atoms with E-state index in [9.17, 15) is 0 Å². The zero-order valence-corrected chi connectivity index (χ0v) is 7.59. The molecule has 0 unspecified atom stereocenters. The van der Waals surface area contributed by atoms with Gasteiger partial charge in [-0.3, -0.25) is 0 Å². The number of hydrogen-bond donors (Lipinski definition) is 0. The minimum absolute atomic E-state index is 1.28. The lowest BCUT2D eigenvalue weighted by molar-refractivity contribution is 1.86. The highest BCUT2D eigenvalue weighted by Gasteiger charge is 2.27. The average Bonchev–Trinajstić information content (AvgIpc) is 2.47. The predicted octanol–water partition coefficient (Wildman–Crippen LogP) is 2.65. The Hall–Kier alpha value is -1.08. The highest BCUT2D eigenvalue weighted by molar-refractivity contribution is 7.00. The molecule has 56 valence electrons. The number of allylic oxidation sites excluding steroid dienone is 4. The molecule has 1 heteroatoms. The third kappa shape index (κ3) is 1.08. The molecule has 0 saturated heterocycles. The molecule has 0 nitrogen and oxygen atoms in total. The van der Waals surface area contributed by atoms with Gasteiger partial charge in [-0.05, 0) is 5.20 Å². The Morgan fingerprint density at radius 2 is 1.82 bits per heavy atom. The van der Waals surface area contributed by atoms with Gasteiger partial charge in [-0.15, -0.1) is 13.2 Å². The van der Waals surface area contributed by atoms with Gasteiger partial charge in [0.1, 0.15) is 0 Å². The van der Waals surface area contributed by atoms with E-state index in [0.717, 1.165) is 0 Å². The van der Waals surface area contributed by atoms with Gasteiger partial charge in [0, 0.05) is 0 Å². The maximum atomic E-state index is 3.83. The van der Waals surface area contributed by atoms with Crippen molar-refractivity contribution >= 4 is 8.07 Å². The lowest BCUT2D eigenvalue weighted by Crippen LogP contribution is -2.27. The Morgan fingerprint density at radius 3 is 2.18 bits per heavy atom. The van der Waals surface area contributed by atoms with Crippen molar-refractivity contribution in [3.8, 4) is 0 Å². The molecule has 0 radical (unpaired) electrons. The van der Waals surface area contributed by atoms with Crippen LogP contribution >= 0.6 is 0 Å². The fourth-order valence-electron chi connectivity index (χ4n) is 1.25. The highest BCUT2D eigenvalue weighted by atomic mass is 28.3. The van der Waals surface area contributed by atoms with Gasteiger partial charge in [-0.2, -0.15) is 0 Å². The second-order valence-electron chi connectivity index (χ2n) is 2.53. The molecule has 0 aromatic rings. The van der Waals surface area contributed by atoms with Crippen LogP contribution in [-0.4, -0.2) is 8.07 Å². The van der Waals surface area contributed by atoms with Gasteiger partial charge in [0.2, 0.25) is 0 Å². The summed E-state index contributed by atoms with van der Waals surface area (Å²) in [6.45, 7) is 11.4. The third-order valence-corrected chi connectivity index (χ3v) is 5.51. The standard InChI is InChI=1S/C10H12Si/c1-4-10-8-7-9-11(10,5-2)6-3/h4-9H,1-3H2. The lowest BCUT2D eigenvalue weighted by Gasteiger charge is -2.16. The molecule has 0 amide bonds. The molecule has 1 heterocycles. The topological polar surface area (TPSA) is 0 Å². The molecule has 0 aliphatic carbocycles. The van der Waals surface area contributed by atoms with E-state index in [1.807, 2.05) is 17.5 Å². The maximum Gasteiger partial charge on any atom is 0.156 e. The summed E-state index contributed by atoms with van der Waals surface area (Å²) in [6, 6.07) is 0. The summed E-state index contributed by atoms with van der Waals surface area (Å²) >= 11 is 0. The molecule has 11 heavy (non-hydrogen) atoms. The van der Waals surface area contributed by atoms with Crippen molar-refractivity contribution in [2.45, 2.75) is 0 Å². The van der Waals surface area contributed by atoms with E-state index in [1.165, 1.54) is 5.20 Å². The quantitative estimate of drug-likeness (QED) is 0.557. The molecule has 0 atom stereocenters. The molecule has 0 saturated carbocycles. The van der Waals surface area contributed by atoms with Crippen LogP contribution in [0.15, 0.2) is 60.3 Å². The summed E-state index contributed by atoms with van der Waals surface area (Å²) in [5, 5.41) is 1.28. The Kier molecular flexibility index (Phi) is 2.10. The summed E-state index contributed by atoms with van der Waals surface area (Å²) in [6.07, 6.45) is 6.05. The summed E-state index contributed by atoms with van der Waals surface area (Å²) in [7, 11) is -1.62. The maximum absolute atomic E-state index is 3.83. The second kappa shape index (κ2) is 2.89. The SMILES string of the molecule is C=CC1=CC=C[Si]1(C=C)C=C. The van der Waals surface area contributed by atoms with Gasteiger partial charge in [0.05, 0.1) is 0 Å². The van der Waals surface area contributed by atoms with Gasteiger partial charge in [0.25, 0.3) is 0 Å². The van der Waals surface area contributed by atoms with Crippen LogP contribution in [-0.2, 0) is 0 Å². The van der Waals surface area contributed by atoms with E-state index >= 15 is 0 Å². The first-order valence-corrected chi connectivity index (χ1v) is 5.82. The zero-order chi connectivity index (χ0) is 8.32. The first kappa shape index (κ1) is 8.02. The van der Waals surface area contributed by atoms with Crippen LogP contribution in [0.2, 0.25) is 0 Å². The van der Waals surface area contributed by atoms with Crippen molar-refractivity contribution in [1.82, 2.24) is 0 Å². The Balaban J connectivity index is 3.11. The molecule has 0 N–H and O–H groups in total. The smallest absolute Gasteiger partial charge is 0.106 e. The Morgan fingerprint density at radius 1 is 1.18 bits per heavy atom. The van der Waals surface area contributed by atoms with Gasteiger partial charge in [0.15, 0.2) is 8.07 Å². The van der Waals surface area contributed by atoms with Crippen molar-refractivity contribution in [1.29, 1.82) is 0 Å². The second-order valence-corrected chi connectivity index (χ2v) is 6.12. The van der Waals surface area contributed by atoms with E-state index in [4.69, 9.17) is 0 Å². The average molecular weight is 160 g/mol. The van der Waals surface area contributed by atoms with Crippen LogP contribution in [0, 0.1) is 0 Å². The molecule has 1 aliphatic heterocycles. The first-order valence-electron chi connectivity index (χ1n) is 3.58. The molecule has 1 rings (SSSR count). The molecule has 0 bridgehead atoms. The third-order valence-electron chi connectivity index (χ3n) is 2.04. The molecule has 0 aromatic heterocycles. The highest BCUT2D eigenvalue weighted by Crippen LogP contribution is 2.24. The van der Waals surface area contributed by atoms with Gasteiger partial charge in [-0.25, -0.2) is 0 Å². The van der Waals surface area contributed by atoms with E-state index in [2.05, 4.69) is 37.6 Å². The minimum Gasteiger partial charge on any atom is -0.106 e. The van der Waals surface area contributed by atoms with Crippen LogP contribution in [0.5, 0.6) is 0 Å². The minimum atomic E-state index is -1.62.